The van der Waals surface area contributed by atoms with E-state index in [-0.39, 0.29) is 11.9 Å². The highest BCUT2D eigenvalue weighted by Gasteiger charge is 2.17. The maximum Gasteiger partial charge on any atom is 0.237 e. The molecule has 2 aromatic rings. The molecule has 3 nitrogen and oxygen atoms in total. The SMILES string of the molecule is Cc1cccc([C@H](C)NC(=O)C(N)Cc2ccccc2)c1. The summed E-state index contributed by atoms with van der Waals surface area (Å²) in [5.41, 5.74) is 9.34. The number of amides is 1. The third-order valence-electron chi connectivity index (χ3n) is 3.54. The van der Waals surface area contributed by atoms with E-state index >= 15 is 0 Å². The van der Waals surface area contributed by atoms with Crippen LogP contribution in [0.15, 0.2) is 54.6 Å². The first-order valence-corrected chi connectivity index (χ1v) is 7.22. The molecule has 0 saturated heterocycles. The summed E-state index contributed by atoms with van der Waals surface area (Å²) < 4.78 is 0. The first kappa shape index (κ1) is 15.3. The minimum atomic E-state index is -0.528. The van der Waals surface area contributed by atoms with E-state index in [2.05, 4.69) is 11.4 Å². The van der Waals surface area contributed by atoms with Crippen LogP contribution in [-0.4, -0.2) is 11.9 Å². The maximum absolute atomic E-state index is 12.2. The Balaban J connectivity index is 1.94. The minimum Gasteiger partial charge on any atom is -0.348 e. The van der Waals surface area contributed by atoms with Crippen LogP contribution >= 0.6 is 0 Å². The van der Waals surface area contributed by atoms with Crippen LogP contribution in [0.5, 0.6) is 0 Å². The van der Waals surface area contributed by atoms with Crippen LogP contribution in [0.3, 0.4) is 0 Å². The molecule has 0 radical (unpaired) electrons. The van der Waals surface area contributed by atoms with E-state index in [1.54, 1.807) is 0 Å². The van der Waals surface area contributed by atoms with E-state index in [9.17, 15) is 4.79 Å². The van der Waals surface area contributed by atoms with Crippen LogP contribution in [0.4, 0.5) is 0 Å². The molecule has 0 bridgehead atoms. The Bertz CT molecular complexity index is 595. The van der Waals surface area contributed by atoms with Crippen molar-refractivity contribution in [2.45, 2.75) is 32.4 Å². The van der Waals surface area contributed by atoms with Gasteiger partial charge in [0.05, 0.1) is 12.1 Å². The van der Waals surface area contributed by atoms with Crippen LogP contribution in [-0.2, 0) is 11.2 Å². The molecule has 1 unspecified atom stereocenters. The molecule has 0 spiro atoms. The number of nitrogens with one attached hydrogen (secondary N) is 1. The Labute approximate surface area is 126 Å². The van der Waals surface area contributed by atoms with Gasteiger partial charge in [-0.1, -0.05) is 60.2 Å². The number of rotatable bonds is 5. The molecule has 110 valence electrons. The number of carbonyl (C=O) groups is 1. The van der Waals surface area contributed by atoms with E-state index in [1.165, 1.54) is 5.56 Å². The topological polar surface area (TPSA) is 55.1 Å². The van der Waals surface area contributed by atoms with Gasteiger partial charge < -0.3 is 11.1 Å². The molecule has 0 heterocycles. The lowest BCUT2D eigenvalue weighted by Crippen LogP contribution is -2.42. The Hall–Kier alpha value is -2.13. The van der Waals surface area contributed by atoms with Gasteiger partial charge in [0, 0.05) is 0 Å². The average Bonchev–Trinajstić information content (AvgIpc) is 2.48. The van der Waals surface area contributed by atoms with Crippen molar-refractivity contribution < 1.29 is 4.79 Å². The van der Waals surface area contributed by atoms with Gasteiger partial charge in [-0.25, -0.2) is 0 Å². The highest BCUT2D eigenvalue weighted by atomic mass is 16.2. The van der Waals surface area contributed by atoms with Crippen molar-refractivity contribution in [3.8, 4) is 0 Å². The quantitative estimate of drug-likeness (QED) is 0.886. The fraction of sp³-hybridized carbons (Fsp3) is 0.278. The first-order valence-electron chi connectivity index (χ1n) is 7.22. The zero-order valence-corrected chi connectivity index (χ0v) is 12.5. The van der Waals surface area contributed by atoms with E-state index in [1.807, 2.05) is 62.4 Å². The van der Waals surface area contributed by atoms with E-state index in [0.29, 0.717) is 6.42 Å². The van der Waals surface area contributed by atoms with Crippen molar-refractivity contribution in [3.63, 3.8) is 0 Å². The molecule has 3 heteroatoms. The normalized spacial score (nSPS) is 13.5. The van der Waals surface area contributed by atoms with Crippen LogP contribution in [0, 0.1) is 6.92 Å². The van der Waals surface area contributed by atoms with Crippen molar-refractivity contribution in [3.05, 3.63) is 71.3 Å². The number of aryl methyl sites for hydroxylation is 1. The number of benzene rings is 2. The second kappa shape index (κ2) is 7.04. The molecule has 0 saturated carbocycles. The van der Waals surface area contributed by atoms with Crippen LogP contribution in [0.1, 0.15) is 29.7 Å². The Morgan fingerprint density at radius 3 is 2.52 bits per heavy atom. The lowest BCUT2D eigenvalue weighted by atomic mass is 10.0. The third-order valence-corrected chi connectivity index (χ3v) is 3.54. The number of carbonyl (C=O) groups excluding carboxylic acids is 1. The predicted molar refractivity (Wildman–Crippen MR) is 85.9 cm³/mol. The van der Waals surface area contributed by atoms with Gasteiger partial charge in [-0.2, -0.15) is 0 Å². The molecule has 2 atom stereocenters. The Kier molecular flexibility index (Phi) is 5.12. The van der Waals surface area contributed by atoms with E-state index in [4.69, 9.17) is 5.73 Å². The second-order valence-electron chi connectivity index (χ2n) is 5.44. The lowest BCUT2D eigenvalue weighted by Gasteiger charge is -2.18. The molecule has 1 amide bonds. The Morgan fingerprint density at radius 1 is 1.14 bits per heavy atom. The van der Waals surface area contributed by atoms with Gasteiger partial charge in [0.1, 0.15) is 0 Å². The fourth-order valence-corrected chi connectivity index (χ4v) is 2.30. The van der Waals surface area contributed by atoms with Crippen LogP contribution in [0.2, 0.25) is 0 Å². The summed E-state index contributed by atoms with van der Waals surface area (Å²) in [4.78, 5) is 12.2. The molecule has 21 heavy (non-hydrogen) atoms. The molecule has 2 aromatic carbocycles. The molecular weight excluding hydrogens is 260 g/mol. The molecule has 0 fully saturated rings. The van der Waals surface area contributed by atoms with Crippen molar-refractivity contribution in [1.82, 2.24) is 5.32 Å². The fourth-order valence-electron chi connectivity index (χ4n) is 2.30. The summed E-state index contributed by atoms with van der Waals surface area (Å²) in [6.45, 7) is 4.01. The van der Waals surface area contributed by atoms with Gasteiger partial charge in [0.15, 0.2) is 0 Å². The monoisotopic (exact) mass is 282 g/mol. The molecular formula is C18H22N2O. The first-order chi connectivity index (χ1) is 10.1. The van der Waals surface area contributed by atoms with Crippen molar-refractivity contribution in [2.24, 2.45) is 5.73 Å². The van der Waals surface area contributed by atoms with Gasteiger partial charge in [0.2, 0.25) is 5.91 Å². The summed E-state index contributed by atoms with van der Waals surface area (Å²) >= 11 is 0. The van der Waals surface area contributed by atoms with Crippen LogP contribution in [0.25, 0.3) is 0 Å². The number of hydrogen-bond donors (Lipinski definition) is 2. The summed E-state index contributed by atoms with van der Waals surface area (Å²) in [6, 6.07) is 17.4. The van der Waals surface area contributed by atoms with E-state index in [0.717, 1.165) is 11.1 Å². The van der Waals surface area contributed by atoms with Gasteiger partial charge in [-0.15, -0.1) is 0 Å². The zero-order valence-electron chi connectivity index (χ0n) is 12.5. The lowest BCUT2D eigenvalue weighted by molar-refractivity contribution is -0.123. The molecule has 0 aliphatic heterocycles. The standard InChI is InChI=1S/C18H22N2O/c1-13-7-6-10-16(11-13)14(2)20-18(21)17(19)12-15-8-4-3-5-9-15/h3-11,14,17H,12,19H2,1-2H3,(H,20,21)/t14-,17?/m0/s1. The summed E-state index contributed by atoms with van der Waals surface area (Å²) in [5, 5.41) is 2.98. The second-order valence-corrected chi connectivity index (χ2v) is 5.44. The van der Waals surface area contributed by atoms with Gasteiger partial charge in [-0.3, -0.25) is 4.79 Å². The van der Waals surface area contributed by atoms with Crippen molar-refractivity contribution in [2.75, 3.05) is 0 Å². The smallest absolute Gasteiger partial charge is 0.237 e. The summed E-state index contributed by atoms with van der Waals surface area (Å²) in [6.07, 6.45) is 0.549. The number of nitrogens with two attached hydrogens (primary N) is 1. The summed E-state index contributed by atoms with van der Waals surface area (Å²) in [7, 11) is 0. The Morgan fingerprint density at radius 2 is 1.86 bits per heavy atom. The van der Waals surface area contributed by atoms with E-state index < -0.39 is 6.04 Å². The molecule has 0 aliphatic carbocycles. The third kappa shape index (κ3) is 4.43. The number of hydrogen-bond acceptors (Lipinski definition) is 2. The molecule has 0 aliphatic rings. The van der Waals surface area contributed by atoms with Gasteiger partial charge >= 0.3 is 0 Å². The highest BCUT2D eigenvalue weighted by molar-refractivity contribution is 5.82. The average molecular weight is 282 g/mol. The van der Waals surface area contributed by atoms with Gasteiger partial charge in [0.25, 0.3) is 0 Å². The van der Waals surface area contributed by atoms with Crippen molar-refractivity contribution >= 4 is 5.91 Å². The molecule has 3 N–H and O–H groups in total. The van der Waals surface area contributed by atoms with Crippen LogP contribution < -0.4 is 11.1 Å². The highest BCUT2D eigenvalue weighted by Crippen LogP contribution is 2.14. The minimum absolute atomic E-state index is 0.0424. The zero-order chi connectivity index (χ0) is 15.2. The van der Waals surface area contributed by atoms with Crippen molar-refractivity contribution in [1.29, 1.82) is 0 Å². The molecule has 0 aromatic heterocycles. The molecule has 2 rings (SSSR count). The summed E-state index contributed by atoms with van der Waals surface area (Å²) in [5.74, 6) is -0.118. The predicted octanol–water partition coefficient (Wildman–Crippen LogP) is 2.74. The van der Waals surface area contributed by atoms with Gasteiger partial charge in [-0.05, 0) is 31.4 Å². The maximum atomic E-state index is 12.2. The largest absolute Gasteiger partial charge is 0.348 e.